The minimum Gasteiger partial charge on any atom is -0.462 e. The fourth-order valence-electron chi connectivity index (χ4n) is 6.20. The number of hydrogen-bond donors (Lipinski definition) is 0. The first-order chi connectivity index (χ1) is 11.4. The van der Waals surface area contributed by atoms with E-state index in [4.69, 9.17) is 4.74 Å². The molecular formula is C21H28O3. The van der Waals surface area contributed by atoms with Gasteiger partial charge in [0, 0.05) is 24.2 Å². The van der Waals surface area contributed by atoms with Gasteiger partial charge in [-0.1, -0.05) is 37.1 Å². The van der Waals surface area contributed by atoms with Gasteiger partial charge in [0.05, 0.1) is 0 Å². The third kappa shape index (κ3) is 2.02. The monoisotopic (exact) mass is 328 g/mol. The molecule has 0 N–H and O–H groups in total. The van der Waals surface area contributed by atoms with Gasteiger partial charge in [-0.05, 0) is 50.4 Å². The molecule has 0 aromatic carbocycles. The van der Waals surface area contributed by atoms with Crippen molar-refractivity contribution >= 4 is 11.8 Å². The van der Waals surface area contributed by atoms with Crippen LogP contribution in [0, 0.1) is 22.7 Å². The molecule has 3 nitrogen and oxygen atoms in total. The SMILES string of the molecule is CC(=O)OC1CCCC2=CC=C3[C@@H]4CCC(=O)[C@@]4(C)CC[C@@H]3[C@]21C. The van der Waals surface area contributed by atoms with Gasteiger partial charge in [0.25, 0.3) is 0 Å². The Labute approximate surface area is 144 Å². The highest BCUT2D eigenvalue weighted by molar-refractivity contribution is 5.88. The normalized spacial score (nSPS) is 44.0. The van der Waals surface area contributed by atoms with Gasteiger partial charge in [0.1, 0.15) is 11.9 Å². The Kier molecular flexibility index (Phi) is 3.56. The second kappa shape index (κ2) is 5.31. The van der Waals surface area contributed by atoms with Crippen LogP contribution in [0.5, 0.6) is 0 Å². The average molecular weight is 328 g/mol. The van der Waals surface area contributed by atoms with E-state index in [1.165, 1.54) is 18.1 Å². The summed E-state index contributed by atoms with van der Waals surface area (Å²) in [4.78, 5) is 24.1. The summed E-state index contributed by atoms with van der Waals surface area (Å²) in [5.74, 6) is 1.09. The Morgan fingerprint density at radius 3 is 2.67 bits per heavy atom. The van der Waals surface area contributed by atoms with Gasteiger partial charge in [-0.25, -0.2) is 0 Å². The number of allylic oxidation sites excluding steroid dienone is 3. The lowest BCUT2D eigenvalue weighted by Gasteiger charge is -2.55. The number of hydrogen-bond acceptors (Lipinski definition) is 3. The molecule has 130 valence electrons. The van der Waals surface area contributed by atoms with Crippen LogP contribution in [0.2, 0.25) is 0 Å². The predicted octanol–water partition coefficient (Wildman–Crippen LogP) is 4.37. The summed E-state index contributed by atoms with van der Waals surface area (Å²) >= 11 is 0. The maximum atomic E-state index is 12.5. The van der Waals surface area contributed by atoms with Crippen LogP contribution in [0.15, 0.2) is 23.3 Å². The van der Waals surface area contributed by atoms with Crippen LogP contribution in [0.1, 0.15) is 65.7 Å². The Morgan fingerprint density at radius 1 is 1.12 bits per heavy atom. The highest BCUT2D eigenvalue weighted by Crippen LogP contribution is 2.62. The molecular weight excluding hydrogens is 300 g/mol. The number of rotatable bonds is 1. The number of esters is 1. The van der Waals surface area contributed by atoms with Crippen molar-refractivity contribution in [2.45, 2.75) is 71.8 Å². The first-order valence-electron chi connectivity index (χ1n) is 9.49. The molecule has 0 aromatic rings. The van der Waals surface area contributed by atoms with Crippen molar-refractivity contribution in [2.24, 2.45) is 22.7 Å². The molecule has 0 bridgehead atoms. The summed E-state index contributed by atoms with van der Waals surface area (Å²) in [6, 6.07) is 0. The van der Waals surface area contributed by atoms with E-state index < -0.39 is 0 Å². The van der Waals surface area contributed by atoms with Crippen molar-refractivity contribution in [1.29, 1.82) is 0 Å². The van der Waals surface area contributed by atoms with Crippen LogP contribution in [0.25, 0.3) is 0 Å². The first kappa shape index (κ1) is 16.1. The zero-order valence-electron chi connectivity index (χ0n) is 15.1. The van der Waals surface area contributed by atoms with Crippen molar-refractivity contribution in [2.75, 3.05) is 0 Å². The number of Topliss-reactive ketones (excluding diaryl/α,β-unsaturated/α-hetero) is 1. The lowest BCUT2D eigenvalue weighted by molar-refractivity contribution is -0.156. The largest absolute Gasteiger partial charge is 0.462 e. The molecule has 1 unspecified atom stereocenters. The molecule has 3 saturated carbocycles. The smallest absolute Gasteiger partial charge is 0.302 e. The highest BCUT2D eigenvalue weighted by atomic mass is 16.5. The second-order valence-electron chi connectivity index (χ2n) is 8.65. The summed E-state index contributed by atoms with van der Waals surface area (Å²) < 4.78 is 5.80. The molecule has 0 amide bonds. The first-order valence-corrected chi connectivity index (χ1v) is 9.49. The van der Waals surface area contributed by atoms with Crippen LogP contribution in [-0.4, -0.2) is 17.9 Å². The van der Waals surface area contributed by atoms with E-state index in [1.807, 2.05) is 0 Å². The Hall–Kier alpha value is -1.38. The molecule has 4 rings (SSSR count). The molecule has 24 heavy (non-hydrogen) atoms. The molecule has 5 atom stereocenters. The Bertz CT molecular complexity index is 658. The molecule has 0 heterocycles. The molecule has 0 aliphatic heterocycles. The number of ether oxygens (including phenoxy) is 1. The summed E-state index contributed by atoms with van der Waals surface area (Å²) in [6.45, 7) is 6.01. The number of carbonyl (C=O) groups excluding carboxylic acids is 2. The van der Waals surface area contributed by atoms with Gasteiger partial charge in [-0.15, -0.1) is 0 Å². The van der Waals surface area contributed by atoms with Crippen LogP contribution >= 0.6 is 0 Å². The maximum Gasteiger partial charge on any atom is 0.302 e. The Morgan fingerprint density at radius 2 is 1.92 bits per heavy atom. The predicted molar refractivity (Wildman–Crippen MR) is 92.2 cm³/mol. The average Bonchev–Trinajstić information content (AvgIpc) is 2.83. The van der Waals surface area contributed by atoms with Crippen molar-refractivity contribution in [3.8, 4) is 0 Å². The van der Waals surface area contributed by atoms with Crippen molar-refractivity contribution in [3.05, 3.63) is 23.3 Å². The summed E-state index contributed by atoms with van der Waals surface area (Å²) in [5, 5.41) is 0. The molecule has 3 fully saturated rings. The molecule has 0 saturated heterocycles. The van der Waals surface area contributed by atoms with Gasteiger partial charge in [0.2, 0.25) is 0 Å². The zero-order valence-corrected chi connectivity index (χ0v) is 15.1. The minimum absolute atomic E-state index is 0.0230. The topological polar surface area (TPSA) is 43.4 Å². The summed E-state index contributed by atoms with van der Waals surface area (Å²) in [5.41, 5.74) is 2.66. The van der Waals surface area contributed by atoms with Crippen LogP contribution in [0.3, 0.4) is 0 Å². The Balaban J connectivity index is 1.75. The van der Waals surface area contributed by atoms with Crippen LogP contribution in [0.4, 0.5) is 0 Å². The number of fused-ring (bicyclic) bond motifs is 5. The van der Waals surface area contributed by atoms with E-state index in [0.717, 1.165) is 44.9 Å². The van der Waals surface area contributed by atoms with E-state index >= 15 is 0 Å². The third-order valence-electron chi connectivity index (χ3n) is 7.61. The molecule has 0 aromatic heterocycles. The highest BCUT2D eigenvalue weighted by Gasteiger charge is 2.58. The van der Waals surface area contributed by atoms with Gasteiger partial charge in [0.15, 0.2) is 0 Å². The van der Waals surface area contributed by atoms with Gasteiger partial charge < -0.3 is 4.74 Å². The fraction of sp³-hybridized carbons (Fsp3) is 0.714. The molecule has 3 heteroatoms. The van der Waals surface area contributed by atoms with E-state index in [-0.39, 0.29) is 22.9 Å². The fourth-order valence-corrected chi connectivity index (χ4v) is 6.20. The number of carbonyl (C=O) groups is 2. The molecule has 0 radical (unpaired) electrons. The van der Waals surface area contributed by atoms with Crippen molar-refractivity contribution < 1.29 is 14.3 Å². The maximum absolute atomic E-state index is 12.5. The van der Waals surface area contributed by atoms with Gasteiger partial charge in [-0.3, -0.25) is 9.59 Å². The van der Waals surface area contributed by atoms with Crippen LogP contribution in [-0.2, 0) is 14.3 Å². The van der Waals surface area contributed by atoms with Crippen LogP contribution < -0.4 is 0 Å². The second-order valence-corrected chi connectivity index (χ2v) is 8.65. The standard InChI is InChI=1S/C21H28O3/c1-13(22)24-19-6-4-5-14-7-8-15-16-9-10-18(23)20(16,2)12-11-17(15)21(14,19)3/h7-8,16-17,19H,4-6,9-12H2,1-3H3/t16-,17-,19?,20-,21-/m0/s1. The van der Waals surface area contributed by atoms with E-state index in [2.05, 4.69) is 26.0 Å². The van der Waals surface area contributed by atoms with E-state index in [0.29, 0.717) is 17.6 Å². The minimum atomic E-state index is -0.171. The summed E-state index contributed by atoms with van der Waals surface area (Å²) in [6.07, 6.45) is 11.5. The quantitative estimate of drug-likeness (QED) is 0.671. The number of ketones is 1. The molecule has 0 spiro atoms. The van der Waals surface area contributed by atoms with E-state index in [9.17, 15) is 9.59 Å². The van der Waals surface area contributed by atoms with Crippen molar-refractivity contribution in [3.63, 3.8) is 0 Å². The zero-order chi connectivity index (χ0) is 17.1. The lowest BCUT2D eigenvalue weighted by Crippen LogP contribution is -2.51. The third-order valence-corrected chi connectivity index (χ3v) is 7.61. The molecule has 4 aliphatic carbocycles. The lowest BCUT2D eigenvalue weighted by atomic mass is 9.50. The van der Waals surface area contributed by atoms with Gasteiger partial charge in [-0.2, -0.15) is 0 Å². The van der Waals surface area contributed by atoms with Gasteiger partial charge >= 0.3 is 5.97 Å². The molecule has 4 aliphatic rings. The van der Waals surface area contributed by atoms with E-state index in [1.54, 1.807) is 0 Å². The summed E-state index contributed by atoms with van der Waals surface area (Å²) in [7, 11) is 0. The van der Waals surface area contributed by atoms with Crippen molar-refractivity contribution in [1.82, 2.24) is 0 Å².